The Kier molecular flexibility index (Phi) is 4.06. The van der Waals surface area contributed by atoms with Crippen molar-refractivity contribution in [2.24, 2.45) is 0 Å². The van der Waals surface area contributed by atoms with Crippen LogP contribution in [-0.4, -0.2) is 55.2 Å². The van der Waals surface area contributed by atoms with Crippen LogP contribution in [0.2, 0.25) is 0 Å². The van der Waals surface area contributed by atoms with Crippen molar-refractivity contribution >= 4 is 0 Å². The third-order valence-electron chi connectivity index (χ3n) is 4.64. The summed E-state index contributed by atoms with van der Waals surface area (Å²) in [6.07, 6.45) is 1.48. The van der Waals surface area contributed by atoms with Crippen molar-refractivity contribution in [3.05, 3.63) is 35.1 Å². The number of hydrogen-bond donors (Lipinski definition) is 0. The van der Waals surface area contributed by atoms with E-state index >= 15 is 0 Å². The molecule has 0 aromatic heterocycles. The van der Waals surface area contributed by atoms with E-state index in [9.17, 15) is 4.39 Å². The molecule has 0 saturated carbocycles. The Morgan fingerprint density at radius 2 is 2.20 bits per heavy atom. The van der Waals surface area contributed by atoms with E-state index in [0.29, 0.717) is 12.1 Å². The zero-order valence-corrected chi connectivity index (χ0v) is 12.3. The van der Waals surface area contributed by atoms with Gasteiger partial charge < -0.3 is 4.74 Å². The molecule has 4 heteroatoms. The average Bonchev–Trinajstić information content (AvgIpc) is 2.43. The number of halogens is 1. The van der Waals surface area contributed by atoms with E-state index in [2.05, 4.69) is 16.8 Å². The van der Waals surface area contributed by atoms with E-state index in [4.69, 9.17) is 4.74 Å². The molecule has 0 bridgehead atoms. The molecule has 3 nitrogen and oxygen atoms in total. The zero-order valence-electron chi connectivity index (χ0n) is 12.3. The number of aryl methyl sites for hydroxylation is 1. The minimum absolute atomic E-state index is 0.148. The Morgan fingerprint density at radius 1 is 1.35 bits per heavy atom. The Morgan fingerprint density at radius 3 is 3.00 bits per heavy atom. The lowest BCUT2D eigenvalue weighted by Gasteiger charge is -2.45. The maximum atomic E-state index is 13.2. The van der Waals surface area contributed by atoms with Crippen LogP contribution in [0.15, 0.2) is 18.2 Å². The molecule has 0 amide bonds. The Hall–Kier alpha value is -0.970. The van der Waals surface area contributed by atoms with Crippen LogP contribution < -0.4 is 0 Å². The fraction of sp³-hybridized carbons (Fsp3) is 0.625. The van der Waals surface area contributed by atoms with Gasteiger partial charge in [-0.1, -0.05) is 6.07 Å². The maximum absolute atomic E-state index is 13.2. The lowest BCUT2D eigenvalue weighted by atomic mass is 9.98. The Labute approximate surface area is 120 Å². The Balaban J connectivity index is 1.66. The van der Waals surface area contributed by atoms with E-state index in [1.165, 1.54) is 5.56 Å². The molecule has 110 valence electrons. The number of ether oxygens (including phenoxy) is 1. The number of piperidine rings is 1. The summed E-state index contributed by atoms with van der Waals surface area (Å²) < 4.78 is 19.0. The standard InChI is InChI=1S/C16H23FN2O/c1-12-9-14(17)4-3-13(12)10-19-6-5-16-15(11-19)18(2)7-8-20-16/h3-4,9,15-16H,5-8,10-11H2,1-2H3/t15-,16-/m1/s1. The van der Waals surface area contributed by atoms with Crippen molar-refractivity contribution in [1.82, 2.24) is 9.80 Å². The molecule has 2 fully saturated rings. The minimum atomic E-state index is -0.148. The fourth-order valence-corrected chi connectivity index (χ4v) is 3.33. The van der Waals surface area contributed by atoms with Gasteiger partial charge >= 0.3 is 0 Å². The number of hydrogen-bond acceptors (Lipinski definition) is 3. The lowest BCUT2D eigenvalue weighted by molar-refractivity contribution is -0.0957. The quantitative estimate of drug-likeness (QED) is 0.823. The molecule has 1 aromatic rings. The van der Waals surface area contributed by atoms with Crippen LogP contribution >= 0.6 is 0 Å². The van der Waals surface area contributed by atoms with Crippen LogP contribution in [0.1, 0.15) is 17.5 Å². The first kappa shape index (κ1) is 14.0. The van der Waals surface area contributed by atoms with Crippen molar-refractivity contribution in [2.45, 2.75) is 32.0 Å². The first-order chi connectivity index (χ1) is 9.63. The summed E-state index contributed by atoms with van der Waals surface area (Å²) in [6.45, 7) is 6.87. The van der Waals surface area contributed by atoms with Crippen molar-refractivity contribution in [1.29, 1.82) is 0 Å². The molecule has 2 atom stereocenters. The molecule has 2 saturated heterocycles. The molecule has 3 rings (SSSR count). The van der Waals surface area contributed by atoms with Gasteiger partial charge in [0.15, 0.2) is 0 Å². The predicted molar refractivity (Wildman–Crippen MR) is 77.2 cm³/mol. The van der Waals surface area contributed by atoms with Crippen LogP contribution in [0.5, 0.6) is 0 Å². The smallest absolute Gasteiger partial charge is 0.123 e. The van der Waals surface area contributed by atoms with E-state index in [1.807, 2.05) is 13.0 Å². The number of morpholine rings is 1. The summed E-state index contributed by atoms with van der Waals surface area (Å²) in [5, 5.41) is 0. The van der Waals surface area contributed by atoms with Crippen LogP contribution in [-0.2, 0) is 11.3 Å². The second kappa shape index (κ2) is 5.80. The number of likely N-dealkylation sites (tertiary alicyclic amines) is 1. The summed E-state index contributed by atoms with van der Waals surface area (Å²) in [7, 11) is 2.19. The second-order valence-corrected chi connectivity index (χ2v) is 6.05. The van der Waals surface area contributed by atoms with Gasteiger partial charge in [-0.3, -0.25) is 9.80 Å². The summed E-state index contributed by atoms with van der Waals surface area (Å²) in [5.74, 6) is -0.148. The van der Waals surface area contributed by atoms with Gasteiger partial charge in [-0.25, -0.2) is 4.39 Å². The third kappa shape index (κ3) is 2.87. The van der Waals surface area contributed by atoms with Crippen molar-refractivity contribution in [2.75, 3.05) is 33.3 Å². The monoisotopic (exact) mass is 278 g/mol. The van der Waals surface area contributed by atoms with E-state index in [1.54, 1.807) is 12.1 Å². The van der Waals surface area contributed by atoms with E-state index < -0.39 is 0 Å². The van der Waals surface area contributed by atoms with Crippen molar-refractivity contribution < 1.29 is 9.13 Å². The highest BCUT2D eigenvalue weighted by molar-refractivity contribution is 5.26. The molecule has 20 heavy (non-hydrogen) atoms. The van der Waals surface area contributed by atoms with Gasteiger partial charge in [0.25, 0.3) is 0 Å². The maximum Gasteiger partial charge on any atom is 0.123 e. The van der Waals surface area contributed by atoms with Crippen LogP contribution in [0.25, 0.3) is 0 Å². The van der Waals surface area contributed by atoms with Gasteiger partial charge in [-0.15, -0.1) is 0 Å². The molecule has 2 aliphatic rings. The highest BCUT2D eigenvalue weighted by Crippen LogP contribution is 2.23. The van der Waals surface area contributed by atoms with Crippen molar-refractivity contribution in [3.8, 4) is 0 Å². The number of rotatable bonds is 2. The first-order valence-corrected chi connectivity index (χ1v) is 7.43. The first-order valence-electron chi connectivity index (χ1n) is 7.43. The molecular formula is C16H23FN2O. The van der Waals surface area contributed by atoms with Crippen LogP contribution in [0.4, 0.5) is 4.39 Å². The molecule has 2 aliphatic heterocycles. The van der Waals surface area contributed by atoms with E-state index in [-0.39, 0.29) is 5.82 Å². The fourth-order valence-electron chi connectivity index (χ4n) is 3.33. The molecular weight excluding hydrogens is 255 g/mol. The highest BCUT2D eigenvalue weighted by atomic mass is 19.1. The molecule has 0 N–H and O–H groups in total. The molecule has 0 aliphatic carbocycles. The summed E-state index contributed by atoms with van der Waals surface area (Å²) in [5.41, 5.74) is 2.27. The lowest BCUT2D eigenvalue weighted by Crippen LogP contribution is -2.58. The molecule has 2 heterocycles. The summed E-state index contributed by atoms with van der Waals surface area (Å²) >= 11 is 0. The molecule has 0 radical (unpaired) electrons. The van der Waals surface area contributed by atoms with Crippen molar-refractivity contribution in [3.63, 3.8) is 0 Å². The van der Waals surface area contributed by atoms with Crippen LogP contribution in [0, 0.1) is 12.7 Å². The largest absolute Gasteiger partial charge is 0.375 e. The minimum Gasteiger partial charge on any atom is -0.375 e. The molecule has 0 spiro atoms. The van der Waals surface area contributed by atoms with Crippen LogP contribution in [0.3, 0.4) is 0 Å². The zero-order chi connectivity index (χ0) is 14.1. The third-order valence-corrected chi connectivity index (χ3v) is 4.64. The SMILES string of the molecule is Cc1cc(F)ccc1CN1CC[C@H]2OCCN(C)[C@@H]2C1. The molecule has 1 aromatic carbocycles. The number of benzene rings is 1. The number of likely N-dealkylation sites (N-methyl/N-ethyl adjacent to an activating group) is 1. The van der Waals surface area contributed by atoms with Gasteiger partial charge in [0.05, 0.1) is 12.7 Å². The van der Waals surface area contributed by atoms with Gasteiger partial charge in [-0.05, 0) is 43.7 Å². The summed E-state index contributed by atoms with van der Waals surface area (Å²) in [6, 6.07) is 5.60. The summed E-state index contributed by atoms with van der Waals surface area (Å²) in [4.78, 5) is 4.88. The average molecular weight is 278 g/mol. The van der Waals surface area contributed by atoms with Gasteiger partial charge in [0.2, 0.25) is 0 Å². The highest BCUT2D eigenvalue weighted by Gasteiger charge is 2.35. The predicted octanol–water partition coefficient (Wildman–Crippen LogP) is 2.04. The van der Waals surface area contributed by atoms with Gasteiger partial charge in [-0.2, -0.15) is 0 Å². The van der Waals surface area contributed by atoms with Gasteiger partial charge in [0, 0.05) is 32.2 Å². The topological polar surface area (TPSA) is 15.7 Å². The van der Waals surface area contributed by atoms with Gasteiger partial charge in [0.1, 0.15) is 5.82 Å². The second-order valence-electron chi connectivity index (χ2n) is 6.05. The number of fused-ring (bicyclic) bond motifs is 1. The normalized spacial score (nSPS) is 28.4. The molecule has 0 unspecified atom stereocenters. The number of nitrogens with zero attached hydrogens (tertiary/aromatic N) is 2. The van der Waals surface area contributed by atoms with E-state index in [0.717, 1.165) is 44.8 Å². The Bertz CT molecular complexity index is 480.